The van der Waals surface area contributed by atoms with E-state index in [9.17, 15) is 5.11 Å². The molecular weight excluding hydrogens is 248 g/mol. The molecule has 4 N–H and O–H groups in total. The van der Waals surface area contributed by atoms with E-state index in [0.717, 1.165) is 0 Å². The molecule has 1 aromatic heterocycles. The first-order chi connectivity index (χ1) is 9.11. The van der Waals surface area contributed by atoms with Crippen LogP contribution in [0.3, 0.4) is 0 Å². The van der Waals surface area contributed by atoms with Crippen molar-refractivity contribution in [2.45, 2.75) is 6.92 Å². The van der Waals surface area contributed by atoms with Crippen LogP contribution in [0.15, 0.2) is 23.3 Å². The minimum atomic E-state index is 0.0456. The number of nitrogen functional groups attached to an aromatic ring is 1. The average molecular weight is 262 g/mol. The van der Waals surface area contributed by atoms with Crippen molar-refractivity contribution in [2.24, 2.45) is 5.10 Å². The van der Waals surface area contributed by atoms with Crippen molar-refractivity contribution in [1.82, 2.24) is 14.9 Å². The fraction of sp³-hybridized carbons (Fsp3) is 0.182. The fourth-order valence-corrected chi connectivity index (χ4v) is 1.40. The lowest BCUT2D eigenvalue weighted by Gasteiger charge is -2.03. The SMILES string of the molecule is COc1ccc(/C=N\Nc2nnc(C)n2N)cc1O. The first-order valence-corrected chi connectivity index (χ1v) is 5.45. The topological polar surface area (TPSA) is 111 Å². The molecule has 0 saturated heterocycles. The van der Waals surface area contributed by atoms with Crippen molar-refractivity contribution in [3.63, 3.8) is 0 Å². The van der Waals surface area contributed by atoms with Crippen LogP contribution in [-0.4, -0.2) is 33.3 Å². The highest BCUT2D eigenvalue weighted by atomic mass is 16.5. The molecule has 0 unspecified atom stereocenters. The van der Waals surface area contributed by atoms with Crippen LogP contribution in [0.2, 0.25) is 0 Å². The molecule has 0 aliphatic rings. The average Bonchev–Trinajstić information content (AvgIpc) is 2.71. The molecular formula is C11H14N6O2. The van der Waals surface area contributed by atoms with Gasteiger partial charge < -0.3 is 15.7 Å². The van der Waals surface area contributed by atoms with Gasteiger partial charge in [0.15, 0.2) is 17.3 Å². The normalized spacial score (nSPS) is 10.8. The number of hydrogen-bond acceptors (Lipinski definition) is 7. The van der Waals surface area contributed by atoms with Crippen molar-refractivity contribution in [2.75, 3.05) is 18.4 Å². The second-order valence-electron chi connectivity index (χ2n) is 3.74. The molecule has 0 saturated carbocycles. The summed E-state index contributed by atoms with van der Waals surface area (Å²) in [6.45, 7) is 1.73. The summed E-state index contributed by atoms with van der Waals surface area (Å²) in [5.41, 5.74) is 3.35. The third-order valence-electron chi connectivity index (χ3n) is 2.45. The van der Waals surface area contributed by atoms with Crippen LogP contribution in [0.4, 0.5) is 5.95 Å². The van der Waals surface area contributed by atoms with E-state index in [1.54, 1.807) is 19.1 Å². The van der Waals surface area contributed by atoms with Crippen molar-refractivity contribution < 1.29 is 9.84 Å². The number of aryl methyl sites for hydroxylation is 1. The number of aromatic hydroxyl groups is 1. The standard InChI is InChI=1S/C11H14N6O2/c1-7-14-16-11(17(7)12)15-13-6-8-3-4-10(19-2)9(18)5-8/h3-6,18H,12H2,1-2H3,(H,15,16)/b13-6-. The summed E-state index contributed by atoms with van der Waals surface area (Å²) < 4.78 is 6.22. The fourth-order valence-electron chi connectivity index (χ4n) is 1.40. The van der Waals surface area contributed by atoms with Crippen LogP contribution in [0.1, 0.15) is 11.4 Å². The molecule has 0 fully saturated rings. The zero-order valence-electron chi connectivity index (χ0n) is 10.5. The Morgan fingerprint density at radius 2 is 2.26 bits per heavy atom. The minimum Gasteiger partial charge on any atom is -0.504 e. The smallest absolute Gasteiger partial charge is 0.263 e. The van der Waals surface area contributed by atoms with Crippen molar-refractivity contribution in [3.8, 4) is 11.5 Å². The van der Waals surface area contributed by atoms with Crippen LogP contribution in [-0.2, 0) is 0 Å². The van der Waals surface area contributed by atoms with Gasteiger partial charge >= 0.3 is 0 Å². The summed E-state index contributed by atoms with van der Waals surface area (Å²) in [6, 6.07) is 4.93. The molecule has 0 aliphatic carbocycles. The number of phenolic OH excluding ortho intramolecular Hbond substituents is 1. The van der Waals surface area contributed by atoms with E-state index in [1.807, 2.05) is 0 Å². The number of rotatable bonds is 4. The maximum atomic E-state index is 9.60. The number of phenols is 1. The summed E-state index contributed by atoms with van der Waals surface area (Å²) in [7, 11) is 1.49. The minimum absolute atomic E-state index is 0.0456. The third-order valence-corrected chi connectivity index (χ3v) is 2.45. The van der Waals surface area contributed by atoms with Crippen molar-refractivity contribution in [3.05, 3.63) is 29.6 Å². The highest BCUT2D eigenvalue weighted by Crippen LogP contribution is 2.25. The summed E-state index contributed by atoms with van der Waals surface area (Å²) in [5, 5.41) is 21.1. The number of hydrazone groups is 1. The van der Waals surface area contributed by atoms with E-state index in [2.05, 4.69) is 20.7 Å². The molecule has 1 aromatic carbocycles. The van der Waals surface area contributed by atoms with E-state index >= 15 is 0 Å². The molecule has 8 heteroatoms. The van der Waals surface area contributed by atoms with E-state index in [0.29, 0.717) is 23.1 Å². The summed E-state index contributed by atoms with van der Waals surface area (Å²) in [6.07, 6.45) is 1.52. The molecule has 100 valence electrons. The summed E-state index contributed by atoms with van der Waals surface area (Å²) in [4.78, 5) is 0. The molecule has 19 heavy (non-hydrogen) atoms. The zero-order valence-corrected chi connectivity index (χ0v) is 10.5. The maximum Gasteiger partial charge on any atom is 0.263 e. The molecule has 1 heterocycles. The molecule has 0 spiro atoms. The van der Waals surface area contributed by atoms with Gasteiger partial charge in [0.2, 0.25) is 0 Å². The highest BCUT2D eigenvalue weighted by Gasteiger charge is 2.03. The lowest BCUT2D eigenvalue weighted by molar-refractivity contribution is 0.373. The first-order valence-electron chi connectivity index (χ1n) is 5.45. The Balaban J connectivity index is 2.07. The van der Waals surface area contributed by atoms with Gasteiger partial charge in [0.05, 0.1) is 13.3 Å². The quantitative estimate of drug-likeness (QED) is 0.419. The van der Waals surface area contributed by atoms with Gasteiger partial charge in [0, 0.05) is 0 Å². The largest absolute Gasteiger partial charge is 0.504 e. The van der Waals surface area contributed by atoms with Crippen LogP contribution in [0.25, 0.3) is 0 Å². The van der Waals surface area contributed by atoms with Crippen LogP contribution in [0.5, 0.6) is 11.5 Å². The number of hydrogen-bond donors (Lipinski definition) is 3. The molecule has 8 nitrogen and oxygen atoms in total. The number of nitrogens with two attached hydrogens (primary N) is 1. The van der Waals surface area contributed by atoms with E-state index < -0.39 is 0 Å². The molecule has 0 bridgehead atoms. The molecule has 0 aliphatic heterocycles. The maximum absolute atomic E-state index is 9.60. The number of benzene rings is 1. The highest BCUT2D eigenvalue weighted by molar-refractivity contribution is 5.81. The van der Waals surface area contributed by atoms with Crippen molar-refractivity contribution in [1.29, 1.82) is 0 Å². The van der Waals surface area contributed by atoms with Gasteiger partial charge in [-0.25, -0.2) is 10.1 Å². The predicted octanol–water partition coefficient (Wildman–Crippen LogP) is 0.461. The number of nitrogens with zero attached hydrogens (tertiary/aromatic N) is 4. The van der Waals surface area contributed by atoms with Gasteiger partial charge in [-0.1, -0.05) is 0 Å². The van der Waals surface area contributed by atoms with Crippen LogP contribution >= 0.6 is 0 Å². The number of methoxy groups -OCH3 is 1. The summed E-state index contributed by atoms with van der Waals surface area (Å²) >= 11 is 0. The van der Waals surface area contributed by atoms with Crippen LogP contribution < -0.4 is 16.0 Å². The van der Waals surface area contributed by atoms with E-state index in [-0.39, 0.29) is 5.75 Å². The van der Waals surface area contributed by atoms with E-state index in [4.69, 9.17) is 10.6 Å². The number of ether oxygens (including phenoxy) is 1. The van der Waals surface area contributed by atoms with Gasteiger partial charge in [0.1, 0.15) is 0 Å². The van der Waals surface area contributed by atoms with E-state index in [1.165, 1.54) is 24.1 Å². The van der Waals surface area contributed by atoms with Gasteiger partial charge in [-0.2, -0.15) is 5.10 Å². The number of nitrogens with one attached hydrogen (secondary N) is 1. The second-order valence-corrected chi connectivity index (χ2v) is 3.74. The number of aromatic nitrogens is 3. The Labute approximate surface area is 109 Å². The Bertz CT molecular complexity index is 607. The van der Waals surface area contributed by atoms with Crippen LogP contribution in [0, 0.1) is 6.92 Å². The van der Waals surface area contributed by atoms with Crippen molar-refractivity contribution >= 4 is 12.2 Å². The molecule has 2 rings (SSSR count). The Morgan fingerprint density at radius 1 is 1.47 bits per heavy atom. The molecule has 2 aromatic rings. The lowest BCUT2D eigenvalue weighted by Crippen LogP contribution is -2.13. The van der Waals surface area contributed by atoms with Gasteiger partial charge in [-0.05, 0) is 30.7 Å². The molecule has 0 radical (unpaired) electrons. The van der Waals surface area contributed by atoms with Gasteiger partial charge in [0.25, 0.3) is 5.95 Å². The second kappa shape index (κ2) is 5.25. The predicted molar refractivity (Wildman–Crippen MR) is 70.8 cm³/mol. The molecule has 0 amide bonds. The Hall–Kier alpha value is -2.77. The van der Waals surface area contributed by atoms with Gasteiger partial charge in [-0.15, -0.1) is 10.2 Å². The van der Waals surface area contributed by atoms with Gasteiger partial charge in [-0.3, -0.25) is 0 Å². The third kappa shape index (κ3) is 2.73. The Morgan fingerprint density at radius 3 is 2.84 bits per heavy atom. The zero-order chi connectivity index (χ0) is 13.8. The lowest BCUT2D eigenvalue weighted by atomic mass is 10.2. The monoisotopic (exact) mass is 262 g/mol. The molecule has 0 atom stereocenters. The number of anilines is 1. The Kier molecular flexibility index (Phi) is 3.51. The first kappa shape index (κ1) is 12.7. The summed E-state index contributed by atoms with van der Waals surface area (Å²) in [5.74, 6) is 6.99.